The molecule has 1 fully saturated rings. The summed E-state index contributed by atoms with van der Waals surface area (Å²) < 4.78 is 27.3. The number of carbonyl (C=O) groups is 1. The molecule has 1 aliphatic heterocycles. The van der Waals surface area contributed by atoms with Gasteiger partial charge in [0.25, 0.3) is 0 Å². The zero-order valence-electron chi connectivity index (χ0n) is 18.6. The van der Waals surface area contributed by atoms with Gasteiger partial charge in [-0.3, -0.25) is 14.7 Å². The lowest BCUT2D eigenvalue weighted by atomic mass is 10.1. The average Bonchev–Trinajstić information content (AvgIpc) is 3.27. The van der Waals surface area contributed by atoms with Gasteiger partial charge in [0.05, 0.1) is 25.8 Å². The summed E-state index contributed by atoms with van der Waals surface area (Å²) >= 11 is 0. The highest BCUT2D eigenvalue weighted by Crippen LogP contribution is 2.32. The molecular formula is C24H25FN2O6. The third-order valence-corrected chi connectivity index (χ3v) is 5.83. The second-order valence-corrected chi connectivity index (χ2v) is 7.80. The van der Waals surface area contributed by atoms with Crippen LogP contribution in [-0.4, -0.2) is 42.5 Å². The Kier molecular flexibility index (Phi) is 6.24. The summed E-state index contributed by atoms with van der Waals surface area (Å²) in [7, 11) is 3.15. The van der Waals surface area contributed by atoms with Crippen molar-refractivity contribution in [2.45, 2.75) is 32.4 Å². The predicted molar refractivity (Wildman–Crippen MR) is 121 cm³/mol. The Morgan fingerprint density at radius 2 is 1.97 bits per heavy atom. The second-order valence-electron chi connectivity index (χ2n) is 7.80. The molecule has 1 aromatic heterocycles. The molecular weight excluding hydrogens is 431 g/mol. The number of aryl methyl sites for hydroxylation is 1. The zero-order valence-corrected chi connectivity index (χ0v) is 18.6. The number of carboxylic acid groups (broad SMARTS) is 1. The monoisotopic (exact) mass is 456 g/mol. The Hall–Kier alpha value is -3.59. The third kappa shape index (κ3) is 4.23. The number of carboxylic acids is 1. The fourth-order valence-electron chi connectivity index (χ4n) is 4.14. The molecule has 174 valence electrons. The number of aromatic carboxylic acids is 1. The van der Waals surface area contributed by atoms with Gasteiger partial charge >= 0.3 is 5.97 Å². The van der Waals surface area contributed by atoms with Crippen molar-refractivity contribution in [1.82, 2.24) is 4.57 Å². The van der Waals surface area contributed by atoms with Crippen LogP contribution in [0, 0.1) is 5.82 Å². The molecule has 9 heteroatoms. The zero-order chi connectivity index (χ0) is 23.7. The van der Waals surface area contributed by atoms with Crippen molar-refractivity contribution in [3.8, 4) is 11.5 Å². The maximum absolute atomic E-state index is 15.0. The molecule has 0 unspecified atom stereocenters. The predicted octanol–water partition coefficient (Wildman–Crippen LogP) is 3.63. The largest absolute Gasteiger partial charge is 0.493 e. The van der Waals surface area contributed by atoms with Gasteiger partial charge in [-0.05, 0) is 43.2 Å². The number of fused-ring (bicyclic) bond motifs is 1. The highest BCUT2D eigenvalue weighted by molar-refractivity contribution is 5.93. The summed E-state index contributed by atoms with van der Waals surface area (Å²) in [6.45, 7) is 2.72. The van der Waals surface area contributed by atoms with E-state index < -0.39 is 17.2 Å². The Labute approximate surface area is 189 Å². The summed E-state index contributed by atoms with van der Waals surface area (Å²) in [6.07, 6.45) is 2.42. The van der Waals surface area contributed by atoms with Crippen LogP contribution >= 0.6 is 0 Å². The van der Waals surface area contributed by atoms with Gasteiger partial charge in [-0.1, -0.05) is 6.07 Å². The summed E-state index contributed by atoms with van der Waals surface area (Å²) in [4.78, 5) is 30.0. The van der Waals surface area contributed by atoms with Gasteiger partial charge in [0.1, 0.15) is 17.1 Å². The number of aromatic nitrogens is 1. The molecule has 0 radical (unpaired) electrons. The fraction of sp³-hybridized carbons (Fsp3) is 0.333. The molecule has 8 nitrogen and oxygen atoms in total. The second kappa shape index (κ2) is 9.11. The standard InChI is InChI=1S/C24H25FN2O6/c1-4-26-13-17(24(29)30)23(28)16-11-18(25)20(12-19(16)26)27-8-7-15(33-27)9-14-5-6-21(31-2)22(10-14)32-3/h5-6,10-13,15H,4,7-9H2,1-3H3,(H,29,30)/t15-/m1/s1. The summed E-state index contributed by atoms with van der Waals surface area (Å²) in [5.41, 5.74) is 0.572. The first kappa shape index (κ1) is 22.6. The van der Waals surface area contributed by atoms with Crippen molar-refractivity contribution in [3.05, 3.63) is 63.7 Å². The van der Waals surface area contributed by atoms with E-state index in [1.165, 1.54) is 11.3 Å². The Balaban J connectivity index is 1.61. The Morgan fingerprint density at radius 1 is 1.21 bits per heavy atom. The number of pyridine rings is 1. The normalized spacial score (nSPS) is 15.8. The number of methoxy groups -OCH3 is 2. The lowest BCUT2D eigenvalue weighted by Crippen LogP contribution is -2.22. The molecule has 1 N–H and O–H groups in total. The van der Waals surface area contributed by atoms with E-state index in [1.807, 2.05) is 25.1 Å². The molecule has 0 amide bonds. The van der Waals surface area contributed by atoms with Gasteiger partial charge < -0.3 is 19.1 Å². The number of hydrogen-bond donors (Lipinski definition) is 1. The molecule has 0 aliphatic carbocycles. The van der Waals surface area contributed by atoms with Crippen molar-refractivity contribution >= 4 is 22.6 Å². The molecule has 4 rings (SSSR count). The lowest BCUT2D eigenvalue weighted by molar-refractivity contribution is 0.0694. The van der Waals surface area contributed by atoms with E-state index in [1.54, 1.807) is 24.9 Å². The van der Waals surface area contributed by atoms with Crippen LogP contribution < -0.4 is 20.0 Å². The van der Waals surface area contributed by atoms with E-state index in [0.717, 1.165) is 11.6 Å². The van der Waals surface area contributed by atoms with Crippen LogP contribution in [0.1, 0.15) is 29.3 Å². The third-order valence-electron chi connectivity index (χ3n) is 5.83. The van der Waals surface area contributed by atoms with Gasteiger partial charge in [-0.15, -0.1) is 0 Å². The SMILES string of the molecule is CCn1cc(C(=O)O)c(=O)c2cc(F)c(N3CC[C@H](Cc4ccc(OC)c(OC)c4)O3)cc21. The summed E-state index contributed by atoms with van der Waals surface area (Å²) in [5, 5.41) is 10.8. The van der Waals surface area contributed by atoms with Crippen LogP contribution in [0.3, 0.4) is 0 Å². The minimum atomic E-state index is -1.34. The highest BCUT2D eigenvalue weighted by atomic mass is 19.1. The Bertz CT molecular complexity index is 1270. The van der Waals surface area contributed by atoms with Crippen LogP contribution in [0.5, 0.6) is 11.5 Å². The van der Waals surface area contributed by atoms with E-state index in [9.17, 15) is 14.7 Å². The maximum Gasteiger partial charge on any atom is 0.341 e. The molecule has 0 spiro atoms. The smallest absolute Gasteiger partial charge is 0.341 e. The first-order valence-corrected chi connectivity index (χ1v) is 10.6. The van der Waals surface area contributed by atoms with Gasteiger partial charge in [0.2, 0.25) is 5.43 Å². The topological polar surface area (TPSA) is 90.2 Å². The summed E-state index contributed by atoms with van der Waals surface area (Å²) in [6, 6.07) is 8.29. The average molecular weight is 456 g/mol. The fourth-order valence-corrected chi connectivity index (χ4v) is 4.14. The molecule has 3 aromatic rings. The van der Waals surface area contributed by atoms with Gasteiger partial charge in [-0.25, -0.2) is 9.18 Å². The van der Waals surface area contributed by atoms with Crippen molar-refractivity contribution in [3.63, 3.8) is 0 Å². The lowest BCUT2D eigenvalue weighted by Gasteiger charge is -2.21. The molecule has 0 saturated carbocycles. The number of anilines is 1. The number of hydrogen-bond acceptors (Lipinski definition) is 6. The van der Waals surface area contributed by atoms with E-state index in [-0.39, 0.29) is 22.7 Å². The van der Waals surface area contributed by atoms with Crippen LogP contribution in [-0.2, 0) is 17.8 Å². The quantitative estimate of drug-likeness (QED) is 0.581. The number of nitrogens with zero attached hydrogens (tertiary/aromatic N) is 2. The van der Waals surface area contributed by atoms with E-state index in [4.69, 9.17) is 14.3 Å². The number of hydroxylamine groups is 1. The van der Waals surface area contributed by atoms with Gasteiger partial charge in [-0.2, -0.15) is 0 Å². The first-order valence-electron chi connectivity index (χ1n) is 10.6. The van der Waals surface area contributed by atoms with E-state index >= 15 is 4.39 Å². The minimum absolute atomic E-state index is 0.0269. The van der Waals surface area contributed by atoms with Crippen molar-refractivity contribution in [1.29, 1.82) is 0 Å². The Morgan fingerprint density at radius 3 is 2.64 bits per heavy atom. The van der Waals surface area contributed by atoms with Gasteiger partial charge in [0, 0.05) is 31.1 Å². The number of benzene rings is 2. The van der Waals surface area contributed by atoms with Crippen LogP contribution in [0.25, 0.3) is 10.9 Å². The van der Waals surface area contributed by atoms with Crippen LogP contribution in [0.4, 0.5) is 10.1 Å². The number of rotatable bonds is 7. The van der Waals surface area contributed by atoms with Gasteiger partial charge in [0.15, 0.2) is 11.5 Å². The molecule has 2 heterocycles. The maximum atomic E-state index is 15.0. The number of ether oxygens (including phenoxy) is 2. The summed E-state index contributed by atoms with van der Waals surface area (Å²) in [5.74, 6) is -0.712. The van der Waals surface area contributed by atoms with E-state index in [0.29, 0.717) is 42.9 Å². The van der Waals surface area contributed by atoms with E-state index in [2.05, 4.69) is 0 Å². The minimum Gasteiger partial charge on any atom is -0.493 e. The highest BCUT2D eigenvalue weighted by Gasteiger charge is 2.28. The molecule has 1 saturated heterocycles. The number of halogens is 1. The van der Waals surface area contributed by atoms with Crippen LogP contribution in [0.15, 0.2) is 41.3 Å². The van der Waals surface area contributed by atoms with Crippen molar-refractivity contribution < 1.29 is 28.6 Å². The van der Waals surface area contributed by atoms with Crippen LogP contribution in [0.2, 0.25) is 0 Å². The van der Waals surface area contributed by atoms with Crippen molar-refractivity contribution in [2.75, 3.05) is 25.8 Å². The first-order chi connectivity index (χ1) is 15.9. The molecule has 1 atom stereocenters. The molecule has 2 aromatic carbocycles. The molecule has 0 bridgehead atoms. The molecule has 33 heavy (non-hydrogen) atoms. The van der Waals surface area contributed by atoms with Crippen molar-refractivity contribution in [2.24, 2.45) is 0 Å². The molecule has 1 aliphatic rings.